The molecule has 1 unspecified atom stereocenters. The molecular formula is C24H27NO3. The Morgan fingerprint density at radius 2 is 1.79 bits per heavy atom. The van der Waals surface area contributed by atoms with Crippen molar-refractivity contribution >= 4 is 11.6 Å². The molecule has 2 aliphatic carbocycles. The minimum absolute atomic E-state index is 0.0967. The van der Waals surface area contributed by atoms with Gasteiger partial charge in [-0.2, -0.15) is 0 Å². The average molecular weight is 377 g/mol. The number of methoxy groups -OCH3 is 1. The molecule has 1 atom stereocenters. The number of carbonyl (C=O) groups excluding carboxylic acids is 1. The van der Waals surface area contributed by atoms with E-state index in [1.54, 1.807) is 7.11 Å². The molecule has 4 heteroatoms. The van der Waals surface area contributed by atoms with Crippen molar-refractivity contribution in [3.63, 3.8) is 0 Å². The summed E-state index contributed by atoms with van der Waals surface area (Å²) >= 11 is 0. The second kappa shape index (κ2) is 7.16. The predicted molar refractivity (Wildman–Crippen MR) is 109 cm³/mol. The van der Waals surface area contributed by atoms with Crippen LogP contribution in [-0.2, 0) is 0 Å². The Morgan fingerprint density at radius 1 is 1.00 bits per heavy atom. The number of amides is 1. The number of hydrogen-bond donors (Lipinski definition) is 0. The summed E-state index contributed by atoms with van der Waals surface area (Å²) in [6.07, 6.45) is 7.45. The summed E-state index contributed by atoms with van der Waals surface area (Å²) in [6, 6.07) is 14.1. The third-order valence-electron chi connectivity index (χ3n) is 6.45. The van der Waals surface area contributed by atoms with Gasteiger partial charge in [0.05, 0.1) is 19.8 Å². The van der Waals surface area contributed by atoms with E-state index in [9.17, 15) is 4.79 Å². The lowest BCUT2D eigenvalue weighted by molar-refractivity contribution is 0.0989. The van der Waals surface area contributed by atoms with Gasteiger partial charge in [0.15, 0.2) is 11.5 Å². The molecule has 0 radical (unpaired) electrons. The van der Waals surface area contributed by atoms with E-state index in [-0.39, 0.29) is 11.9 Å². The molecule has 1 heterocycles. The van der Waals surface area contributed by atoms with Crippen LogP contribution in [-0.4, -0.2) is 19.6 Å². The van der Waals surface area contributed by atoms with Crippen molar-refractivity contribution < 1.29 is 14.3 Å². The van der Waals surface area contributed by atoms with Crippen molar-refractivity contribution in [2.24, 2.45) is 11.8 Å². The number of carbonyl (C=O) groups is 1. The summed E-state index contributed by atoms with van der Waals surface area (Å²) in [5.74, 6) is 2.75. The highest BCUT2D eigenvalue weighted by Crippen LogP contribution is 2.51. The zero-order valence-electron chi connectivity index (χ0n) is 16.4. The van der Waals surface area contributed by atoms with Gasteiger partial charge in [0.1, 0.15) is 0 Å². The number of rotatable bonds is 6. The van der Waals surface area contributed by atoms with Crippen LogP contribution in [0.2, 0.25) is 0 Å². The van der Waals surface area contributed by atoms with Gasteiger partial charge < -0.3 is 14.4 Å². The highest BCUT2D eigenvalue weighted by molar-refractivity contribution is 6.11. The van der Waals surface area contributed by atoms with Gasteiger partial charge in [-0.15, -0.1) is 0 Å². The van der Waals surface area contributed by atoms with Gasteiger partial charge >= 0.3 is 0 Å². The number of nitrogens with zero attached hydrogens (tertiary/aromatic N) is 1. The molecule has 146 valence electrons. The van der Waals surface area contributed by atoms with E-state index in [1.807, 2.05) is 41.3 Å². The quantitative estimate of drug-likeness (QED) is 0.679. The fourth-order valence-electron chi connectivity index (χ4n) is 4.81. The summed E-state index contributed by atoms with van der Waals surface area (Å²) in [6.45, 7) is 0.722. The molecule has 2 aromatic carbocycles. The Kier molecular flexibility index (Phi) is 4.50. The maximum atomic E-state index is 13.2. The molecule has 3 aliphatic rings. The molecule has 2 fully saturated rings. The predicted octanol–water partition coefficient (Wildman–Crippen LogP) is 5.38. The van der Waals surface area contributed by atoms with Gasteiger partial charge in [-0.3, -0.25) is 4.79 Å². The molecule has 1 amide bonds. The maximum absolute atomic E-state index is 13.2. The molecule has 2 saturated carbocycles. The van der Waals surface area contributed by atoms with Crippen LogP contribution in [0, 0.1) is 11.8 Å². The molecular weight excluding hydrogens is 350 g/mol. The van der Waals surface area contributed by atoms with Gasteiger partial charge in [0.25, 0.3) is 5.91 Å². The molecule has 4 nitrogen and oxygen atoms in total. The topological polar surface area (TPSA) is 38.8 Å². The van der Waals surface area contributed by atoms with Gasteiger partial charge in [-0.25, -0.2) is 0 Å². The number of benzene rings is 2. The van der Waals surface area contributed by atoms with Crippen LogP contribution in [0.3, 0.4) is 0 Å². The Bertz CT molecular complexity index is 883. The smallest absolute Gasteiger partial charge is 0.259 e. The molecule has 0 bridgehead atoms. The first kappa shape index (κ1) is 17.6. The van der Waals surface area contributed by atoms with Crippen LogP contribution in [0.1, 0.15) is 60.5 Å². The van der Waals surface area contributed by atoms with Gasteiger partial charge in [-0.05, 0) is 61.3 Å². The second-order valence-corrected chi connectivity index (χ2v) is 8.34. The van der Waals surface area contributed by atoms with E-state index in [0.717, 1.165) is 29.4 Å². The highest BCUT2D eigenvalue weighted by atomic mass is 16.5. The lowest BCUT2D eigenvalue weighted by Crippen LogP contribution is -2.29. The first-order chi connectivity index (χ1) is 13.8. The average Bonchev–Trinajstić information content (AvgIpc) is 3.34. The Balaban J connectivity index is 1.46. The number of fused-ring (bicyclic) bond motifs is 1. The van der Waals surface area contributed by atoms with Crippen molar-refractivity contribution in [1.82, 2.24) is 0 Å². The highest BCUT2D eigenvalue weighted by Gasteiger charge is 2.45. The van der Waals surface area contributed by atoms with E-state index in [2.05, 4.69) is 6.07 Å². The van der Waals surface area contributed by atoms with Crippen LogP contribution in [0.25, 0.3) is 0 Å². The Labute approximate surface area is 166 Å². The molecule has 5 rings (SSSR count). The third-order valence-corrected chi connectivity index (χ3v) is 6.45. The standard InChI is InChI=1S/C24H27NO3/c1-27-21-13-12-18(14-22(21)28-15-16-6-2-3-7-16)25-23(17-10-11-17)19-8-4-5-9-20(19)24(25)26/h4-5,8-9,12-14,16-17,23H,2-3,6-7,10-11,15H2,1H3. The lowest BCUT2D eigenvalue weighted by atomic mass is 10.0. The normalized spacial score (nSPS) is 21.8. The minimum atomic E-state index is 0.0967. The maximum Gasteiger partial charge on any atom is 0.259 e. The van der Waals surface area contributed by atoms with E-state index < -0.39 is 0 Å². The van der Waals surface area contributed by atoms with Crippen molar-refractivity contribution in [1.29, 1.82) is 0 Å². The van der Waals surface area contributed by atoms with Crippen molar-refractivity contribution in [3.05, 3.63) is 53.6 Å². The van der Waals surface area contributed by atoms with Gasteiger partial charge in [0, 0.05) is 17.3 Å². The summed E-state index contributed by atoms with van der Waals surface area (Å²) in [4.78, 5) is 15.2. The molecule has 28 heavy (non-hydrogen) atoms. The fraction of sp³-hybridized carbons (Fsp3) is 0.458. The first-order valence-electron chi connectivity index (χ1n) is 10.5. The van der Waals surface area contributed by atoms with Crippen LogP contribution in [0.4, 0.5) is 5.69 Å². The lowest BCUT2D eigenvalue weighted by Gasteiger charge is -2.26. The molecule has 1 aliphatic heterocycles. The number of anilines is 1. The van der Waals surface area contributed by atoms with E-state index in [4.69, 9.17) is 9.47 Å². The molecule has 0 spiro atoms. The summed E-state index contributed by atoms with van der Waals surface area (Å²) in [7, 11) is 1.67. The van der Waals surface area contributed by atoms with Crippen LogP contribution in [0.5, 0.6) is 11.5 Å². The summed E-state index contributed by atoms with van der Waals surface area (Å²) in [5.41, 5.74) is 2.91. The van der Waals surface area contributed by atoms with E-state index in [1.165, 1.54) is 44.1 Å². The Hall–Kier alpha value is -2.49. The van der Waals surface area contributed by atoms with Crippen LogP contribution >= 0.6 is 0 Å². The van der Waals surface area contributed by atoms with Crippen molar-refractivity contribution in [2.45, 2.75) is 44.6 Å². The van der Waals surface area contributed by atoms with Gasteiger partial charge in [0.2, 0.25) is 0 Å². The van der Waals surface area contributed by atoms with E-state index >= 15 is 0 Å². The summed E-state index contributed by atoms with van der Waals surface area (Å²) < 4.78 is 11.7. The van der Waals surface area contributed by atoms with Gasteiger partial charge in [-0.1, -0.05) is 31.0 Å². The number of ether oxygens (including phenoxy) is 2. The SMILES string of the molecule is COc1ccc(N2C(=O)c3ccccc3C2C2CC2)cc1OCC1CCCC1. The molecule has 0 N–H and O–H groups in total. The minimum Gasteiger partial charge on any atom is -0.493 e. The first-order valence-corrected chi connectivity index (χ1v) is 10.5. The zero-order chi connectivity index (χ0) is 19.1. The fourth-order valence-corrected chi connectivity index (χ4v) is 4.81. The van der Waals surface area contributed by atoms with Crippen LogP contribution < -0.4 is 14.4 Å². The zero-order valence-corrected chi connectivity index (χ0v) is 16.4. The van der Waals surface area contributed by atoms with E-state index in [0.29, 0.717) is 11.8 Å². The third kappa shape index (κ3) is 3.05. The molecule has 2 aromatic rings. The Morgan fingerprint density at radius 3 is 2.54 bits per heavy atom. The molecule has 0 aromatic heterocycles. The van der Waals surface area contributed by atoms with Crippen LogP contribution in [0.15, 0.2) is 42.5 Å². The van der Waals surface area contributed by atoms with Crippen molar-refractivity contribution in [2.75, 3.05) is 18.6 Å². The molecule has 0 saturated heterocycles. The second-order valence-electron chi connectivity index (χ2n) is 8.34. The summed E-state index contributed by atoms with van der Waals surface area (Å²) in [5, 5.41) is 0. The number of hydrogen-bond acceptors (Lipinski definition) is 3. The monoisotopic (exact) mass is 377 g/mol. The largest absolute Gasteiger partial charge is 0.493 e. The van der Waals surface area contributed by atoms with Crippen molar-refractivity contribution in [3.8, 4) is 11.5 Å².